The maximum atomic E-state index is 11.0. The standard InChI is InChI=1S/C21H19Cl3O3S/c22-13-8-12(9-14(23)10-13)4-6-17-16(18(24)11-19(17)25)3-1-2-15-5-7-20(28-15)21(26)27/h1-2,4-10,16-19,25H,3,11H2,(H,26,27)/t16-,17-,18-,19+/m1/s1. The first-order valence-corrected chi connectivity index (χ1v) is 10.8. The topological polar surface area (TPSA) is 57.5 Å². The van der Waals surface area contributed by atoms with Crippen LogP contribution in [0.25, 0.3) is 12.2 Å². The molecule has 1 aliphatic rings. The molecule has 1 heterocycles. The normalized spacial score (nSPS) is 25.1. The summed E-state index contributed by atoms with van der Waals surface area (Å²) in [6, 6.07) is 8.68. The first kappa shape index (κ1) is 21.4. The number of allylic oxidation sites excluding steroid dienone is 1. The van der Waals surface area contributed by atoms with Crippen LogP contribution in [0.4, 0.5) is 0 Å². The number of carboxylic acids is 1. The summed E-state index contributed by atoms with van der Waals surface area (Å²) < 4.78 is 0. The number of alkyl halides is 1. The van der Waals surface area contributed by atoms with Crippen molar-refractivity contribution in [2.75, 3.05) is 0 Å². The number of thiophene rings is 1. The van der Waals surface area contributed by atoms with Crippen molar-refractivity contribution >= 4 is 64.3 Å². The van der Waals surface area contributed by atoms with Crippen molar-refractivity contribution in [1.82, 2.24) is 0 Å². The SMILES string of the molecule is O=C(O)c1ccc(C=CC[C@@H]2[C@@H](C=Cc3cc(Cl)cc(Cl)c3)[C@@H](O)C[C@H]2Cl)s1. The highest BCUT2D eigenvalue weighted by Crippen LogP contribution is 2.40. The first-order valence-electron chi connectivity index (χ1n) is 8.79. The zero-order valence-corrected chi connectivity index (χ0v) is 17.8. The molecule has 0 saturated heterocycles. The molecule has 0 bridgehead atoms. The summed E-state index contributed by atoms with van der Waals surface area (Å²) in [5.74, 6) is -0.920. The largest absolute Gasteiger partial charge is 0.477 e. The summed E-state index contributed by atoms with van der Waals surface area (Å²) in [4.78, 5) is 12.2. The smallest absolute Gasteiger partial charge is 0.345 e. The molecule has 1 saturated carbocycles. The summed E-state index contributed by atoms with van der Waals surface area (Å²) in [6.07, 6.45) is 8.50. The fraction of sp³-hybridized carbons (Fsp3) is 0.286. The average molecular weight is 458 g/mol. The highest BCUT2D eigenvalue weighted by atomic mass is 35.5. The molecule has 1 aromatic carbocycles. The van der Waals surface area contributed by atoms with Crippen molar-refractivity contribution in [3.63, 3.8) is 0 Å². The maximum absolute atomic E-state index is 11.0. The molecule has 2 N–H and O–H groups in total. The molecule has 1 aliphatic carbocycles. The number of aliphatic hydroxyl groups excluding tert-OH is 1. The Bertz CT molecular complexity index is 886. The van der Waals surface area contributed by atoms with E-state index in [4.69, 9.17) is 39.9 Å². The van der Waals surface area contributed by atoms with Crippen molar-refractivity contribution in [1.29, 1.82) is 0 Å². The molecule has 2 aromatic rings. The monoisotopic (exact) mass is 456 g/mol. The van der Waals surface area contributed by atoms with E-state index >= 15 is 0 Å². The summed E-state index contributed by atoms with van der Waals surface area (Å²) in [6.45, 7) is 0. The Hall–Kier alpha value is -1.30. The molecule has 148 valence electrons. The quantitative estimate of drug-likeness (QED) is 0.488. The van der Waals surface area contributed by atoms with E-state index < -0.39 is 12.1 Å². The minimum atomic E-state index is -0.921. The van der Waals surface area contributed by atoms with Gasteiger partial charge in [-0.25, -0.2) is 4.79 Å². The van der Waals surface area contributed by atoms with E-state index in [9.17, 15) is 9.90 Å². The van der Waals surface area contributed by atoms with Crippen molar-refractivity contribution in [2.45, 2.75) is 24.3 Å². The molecule has 7 heteroatoms. The fourth-order valence-corrected chi connectivity index (χ4v) is 5.23. The first-order chi connectivity index (χ1) is 13.3. The predicted molar refractivity (Wildman–Crippen MR) is 118 cm³/mol. The van der Waals surface area contributed by atoms with Crippen molar-refractivity contribution in [3.05, 3.63) is 67.8 Å². The third-order valence-corrected chi connectivity index (χ3v) is 6.77. The number of hydrogen-bond acceptors (Lipinski definition) is 3. The molecular formula is C21H19Cl3O3S. The third kappa shape index (κ3) is 5.40. The van der Waals surface area contributed by atoms with Crippen LogP contribution in [0, 0.1) is 11.8 Å². The second-order valence-electron chi connectivity index (χ2n) is 6.77. The van der Waals surface area contributed by atoms with Gasteiger partial charge in [-0.3, -0.25) is 0 Å². The van der Waals surface area contributed by atoms with Gasteiger partial charge in [0.05, 0.1) is 6.10 Å². The Morgan fingerprint density at radius 2 is 1.89 bits per heavy atom. The van der Waals surface area contributed by atoms with Gasteiger partial charge in [0.15, 0.2) is 0 Å². The van der Waals surface area contributed by atoms with E-state index in [2.05, 4.69) is 0 Å². The number of carboxylic acid groups (broad SMARTS) is 1. The number of aromatic carboxylic acids is 1. The number of carbonyl (C=O) groups is 1. The van der Waals surface area contributed by atoms with Gasteiger partial charge in [-0.15, -0.1) is 22.9 Å². The van der Waals surface area contributed by atoms with Crippen molar-refractivity contribution < 1.29 is 15.0 Å². The van der Waals surface area contributed by atoms with E-state index in [1.807, 2.05) is 36.4 Å². The Labute approximate surface area is 182 Å². The van der Waals surface area contributed by atoms with Gasteiger partial charge < -0.3 is 10.2 Å². The molecule has 0 amide bonds. The molecular weight excluding hydrogens is 439 g/mol. The Balaban J connectivity index is 1.70. The molecule has 4 atom stereocenters. The van der Waals surface area contributed by atoms with E-state index in [1.54, 1.807) is 18.2 Å². The van der Waals surface area contributed by atoms with Crippen LogP contribution < -0.4 is 0 Å². The van der Waals surface area contributed by atoms with Crippen LogP contribution in [0.3, 0.4) is 0 Å². The summed E-state index contributed by atoms with van der Waals surface area (Å²) in [5.41, 5.74) is 0.872. The van der Waals surface area contributed by atoms with Gasteiger partial charge in [-0.05, 0) is 60.7 Å². The van der Waals surface area contributed by atoms with Crippen LogP contribution in [0.5, 0.6) is 0 Å². The number of halogens is 3. The highest BCUT2D eigenvalue weighted by molar-refractivity contribution is 7.14. The van der Waals surface area contributed by atoms with Crippen LogP contribution in [0.15, 0.2) is 42.5 Å². The number of aliphatic hydroxyl groups is 1. The molecule has 0 aliphatic heterocycles. The second-order valence-corrected chi connectivity index (χ2v) is 9.32. The molecule has 1 aromatic heterocycles. The van der Waals surface area contributed by atoms with Gasteiger partial charge in [-0.2, -0.15) is 0 Å². The van der Waals surface area contributed by atoms with E-state index in [-0.39, 0.29) is 17.2 Å². The lowest BCUT2D eigenvalue weighted by Crippen LogP contribution is -2.18. The van der Waals surface area contributed by atoms with E-state index in [1.165, 1.54) is 11.3 Å². The Morgan fingerprint density at radius 3 is 2.54 bits per heavy atom. The molecule has 28 heavy (non-hydrogen) atoms. The zero-order chi connectivity index (χ0) is 20.3. The van der Waals surface area contributed by atoms with Crippen molar-refractivity contribution in [3.8, 4) is 0 Å². The molecule has 1 fully saturated rings. The second kappa shape index (κ2) is 9.47. The van der Waals surface area contributed by atoms with Crippen molar-refractivity contribution in [2.24, 2.45) is 11.8 Å². The van der Waals surface area contributed by atoms with Gasteiger partial charge in [0, 0.05) is 26.2 Å². The van der Waals surface area contributed by atoms with Gasteiger partial charge in [0.2, 0.25) is 0 Å². The van der Waals surface area contributed by atoms with Gasteiger partial charge in [0.1, 0.15) is 4.88 Å². The average Bonchev–Trinajstić information content (AvgIpc) is 3.18. The lowest BCUT2D eigenvalue weighted by Gasteiger charge is -2.19. The Morgan fingerprint density at radius 1 is 1.18 bits per heavy atom. The van der Waals surface area contributed by atoms with Crippen LogP contribution in [-0.4, -0.2) is 27.7 Å². The lowest BCUT2D eigenvalue weighted by atomic mass is 9.90. The van der Waals surface area contributed by atoms with Crippen LogP contribution in [0.1, 0.15) is 33.0 Å². The van der Waals surface area contributed by atoms with Gasteiger partial charge in [-0.1, -0.05) is 41.4 Å². The fourth-order valence-electron chi connectivity index (χ4n) is 3.46. The van der Waals surface area contributed by atoms with Crippen LogP contribution in [0.2, 0.25) is 10.0 Å². The van der Waals surface area contributed by atoms with Crippen LogP contribution >= 0.6 is 46.1 Å². The molecule has 0 spiro atoms. The zero-order valence-electron chi connectivity index (χ0n) is 14.8. The summed E-state index contributed by atoms with van der Waals surface area (Å²) in [7, 11) is 0. The Kier molecular flexibility index (Phi) is 7.24. The minimum Gasteiger partial charge on any atom is -0.477 e. The van der Waals surface area contributed by atoms with Gasteiger partial charge in [0.25, 0.3) is 0 Å². The highest BCUT2D eigenvalue weighted by Gasteiger charge is 2.39. The summed E-state index contributed by atoms with van der Waals surface area (Å²) >= 11 is 19.8. The minimum absolute atomic E-state index is 0.0807. The van der Waals surface area contributed by atoms with E-state index in [0.717, 1.165) is 10.4 Å². The lowest BCUT2D eigenvalue weighted by molar-refractivity contribution is 0.0702. The maximum Gasteiger partial charge on any atom is 0.345 e. The third-order valence-electron chi connectivity index (χ3n) is 4.79. The molecule has 3 rings (SSSR count). The molecule has 3 nitrogen and oxygen atoms in total. The molecule has 0 unspecified atom stereocenters. The van der Waals surface area contributed by atoms with Gasteiger partial charge >= 0.3 is 5.97 Å². The number of hydrogen-bond donors (Lipinski definition) is 2. The number of rotatable bonds is 6. The van der Waals surface area contributed by atoms with E-state index in [0.29, 0.717) is 27.8 Å². The van der Waals surface area contributed by atoms with Crippen LogP contribution in [-0.2, 0) is 0 Å². The molecule has 0 radical (unpaired) electrons. The number of benzene rings is 1. The predicted octanol–water partition coefficient (Wildman–Crippen LogP) is 6.47. The summed E-state index contributed by atoms with van der Waals surface area (Å²) in [5, 5.41) is 20.4.